The average molecular weight is 216 g/mol. The molecular formula is C14H20Si. The van der Waals surface area contributed by atoms with Crippen molar-refractivity contribution in [3.05, 3.63) is 86.0 Å². The lowest BCUT2D eigenvalue weighted by atomic mass is 10.4. The van der Waals surface area contributed by atoms with Crippen molar-refractivity contribution in [2.75, 3.05) is 0 Å². The van der Waals surface area contributed by atoms with Gasteiger partial charge in [0.15, 0.2) is 0 Å². The van der Waals surface area contributed by atoms with Crippen molar-refractivity contribution in [1.82, 2.24) is 0 Å². The van der Waals surface area contributed by atoms with E-state index in [0.29, 0.717) is 0 Å². The summed E-state index contributed by atoms with van der Waals surface area (Å²) in [5.41, 5.74) is 0. The number of hydrogen-bond acceptors (Lipinski definition) is 0. The molecule has 0 spiro atoms. The SMILES string of the molecule is C=C.[SiH4].c1ccccc1.c1ccccc1. The fourth-order valence-corrected chi connectivity index (χ4v) is 0.770. The van der Waals surface area contributed by atoms with Crippen molar-refractivity contribution < 1.29 is 0 Å². The van der Waals surface area contributed by atoms with Gasteiger partial charge in [-0.1, -0.05) is 72.8 Å². The van der Waals surface area contributed by atoms with Crippen LogP contribution in [0, 0.1) is 0 Å². The largest absolute Gasteiger partial charge is 0.106 e. The van der Waals surface area contributed by atoms with Crippen molar-refractivity contribution in [2.24, 2.45) is 0 Å². The summed E-state index contributed by atoms with van der Waals surface area (Å²) < 4.78 is 0. The molecular weight excluding hydrogens is 196 g/mol. The number of benzene rings is 2. The molecule has 0 radical (unpaired) electrons. The van der Waals surface area contributed by atoms with Gasteiger partial charge in [0.05, 0.1) is 0 Å². The van der Waals surface area contributed by atoms with Crippen molar-refractivity contribution >= 4 is 11.0 Å². The lowest BCUT2D eigenvalue weighted by Crippen LogP contribution is -1.47. The lowest BCUT2D eigenvalue weighted by molar-refractivity contribution is 1.72. The minimum absolute atomic E-state index is 0. The molecule has 1 heteroatoms. The monoisotopic (exact) mass is 216 g/mol. The van der Waals surface area contributed by atoms with Crippen LogP contribution < -0.4 is 0 Å². The Morgan fingerprint density at radius 1 is 0.333 bits per heavy atom. The van der Waals surface area contributed by atoms with Crippen LogP contribution in [0.25, 0.3) is 0 Å². The molecule has 80 valence electrons. The molecule has 0 aromatic heterocycles. The minimum Gasteiger partial charge on any atom is -0.106 e. The molecule has 15 heavy (non-hydrogen) atoms. The van der Waals surface area contributed by atoms with Gasteiger partial charge in [0.2, 0.25) is 0 Å². The second-order valence-corrected chi connectivity index (χ2v) is 2.31. The molecule has 0 unspecified atom stereocenters. The van der Waals surface area contributed by atoms with E-state index < -0.39 is 0 Å². The fraction of sp³-hybridized carbons (Fsp3) is 0. The molecule has 0 saturated heterocycles. The molecule has 0 heterocycles. The van der Waals surface area contributed by atoms with Crippen LogP contribution >= 0.6 is 0 Å². The Hall–Kier alpha value is -1.60. The second kappa shape index (κ2) is 14.9. The third kappa shape index (κ3) is 12.4. The summed E-state index contributed by atoms with van der Waals surface area (Å²) in [6.45, 7) is 6.00. The van der Waals surface area contributed by atoms with Gasteiger partial charge >= 0.3 is 0 Å². The van der Waals surface area contributed by atoms with E-state index in [1.165, 1.54) is 0 Å². The van der Waals surface area contributed by atoms with Gasteiger partial charge in [-0.05, 0) is 11.0 Å². The van der Waals surface area contributed by atoms with E-state index in [9.17, 15) is 0 Å². The van der Waals surface area contributed by atoms with E-state index in [4.69, 9.17) is 0 Å². The first-order chi connectivity index (χ1) is 7.00. The van der Waals surface area contributed by atoms with E-state index in [0.717, 1.165) is 0 Å². The molecule has 0 nitrogen and oxygen atoms in total. The zero-order chi connectivity index (χ0) is 10.5. The van der Waals surface area contributed by atoms with Crippen LogP contribution in [0.1, 0.15) is 0 Å². The smallest absolute Gasteiger partial charge is 0.0149 e. The number of rotatable bonds is 0. The molecule has 0 atom stereocenters. The van der Waals surface area contributed by atoms with E-state index in [1.807, 2.05) is 72.8 Å². The van der Waals surface area contributed by atoms with E-state index in [-0.39, 0.29) is 11.0 Å². The zero-order valence-corrected chi connectivity index (χ0v) is 8.34. The van der Waals surface area contributed by atoms with Gasteiger partial charge in [-0.3, -0.25) is 0 Å². The summed E-state index contributed by atoms with van der Waals surface area (Å²) in [6.07, 6.45) is 0. The molecule has 0 N–H and O–H groups in total. The Kier molecular flexibility index (Phi) is 15.7. The molecule has 0 amide bonds. The highest BCUT2D eigenvalue weighted by molar-refractivity contribution is 5.75. The molecule has 2 aromatic rings. The van der Waals surface area contributed by atoms with Crippen LogP contribution in [0.15, 0.2) is 86.0 Å². The van der Waals surface area contributed by atoms with Gasteiger partial charge in [0, 0.05) is 0 Å². The average Bonchev–Trinajstić information content (AvgIpc) is 2.37. The predicted molar refractivity (Wildman–Crippen MR) is 75.5 cm³/mol. The topological polar surface area (TPSA) is 0 Å². The van der Waals surface area contributed by atoms with Gasteiger partial charge in [-0.15, -0.1) is 13.2 Å². The summed E-state index contributed by atoms with van der Waals surface area (Å²) in [7, 11) is 0. The normalized spacial score (nSPS) is 6.67. The van der Waals surface area contributed by atoms with E-state index in [2.05, 4.69) is 13.2 Å². The third-order valence-electron chi connectivity index (χ3n) is 1.33. The maximum atomic E-state index is 3.00. The summed E-state index contributed by atoms with van der Waals surface area (Å²) in [5, 5.41) is 0. The van der Waals surface area contributed by atoms with Gasteiger partial charge in [0.1, 0.15) is 0 Å². The molecule has 2 rings (SSSR count). The van der Waals surface area contributed by atoms with Crippen molar-refractivity contribution in [1.29, 1.82) is 0 Å². The molecule has 0 bridgehead atoms. The van der Waals surface area contributed by atoms with Gasteiger partial charge in [0.25, 0.3) is 0 Å². The Morgan fingerprint density at radius 2 is 0.400 bits per heavy atom. The Bertz CT molecular complexity index is 194. The highest BCUT2D eigenvalue weighted by atomic mass is 28.1. The standard InChI is InChI=1S/2C6H6.C2H4.H4Si/c2*1-2-4-6-5-3-1;1-2;/h2*1-6H;1-2H2;1H4. The number of hydrogen-bond donors (Lipinski definition) is 0. The Labute approximate surface area is 97.3 Å². The maximum absolute atomic E-state index is 3.00. The quantitative estimate of drug-likeness (QED) is 0.469. The first-order valence-corrected chi connectivity index (χ1v) is 4.50. The van der Waals surface area contributed by atoms with Gasteiger partial charge in [-0.2, -0.15) is 0 Å². The van der Waals surface area contributed by atoms with Gasteiger partial charge < -0.3 is 0 Å². The predicted octanol–water partition coefficient (Wildman–Crippen LogP) is 2.72. The summed E-state index contributed by atoms with van der Waals surface area (Å²) >= 11 is 0. The minimum atomic E-state index is 0. The first kappa shape index (κ1) is 15.9. The van der Waals surface area contributed by atoms with Crippen LogP contribution in [-0.4, -0.2) is 11.0 Å². The van der Waals surface area contributed by atoms with Crippen LogP contribution in [0.4, 0.5) is 0 Å². The van der Waals surface area contributed by atoms with E-state index in [1.54, 1.807) is 0 Å². The summed E-state index contributed by atoms with van der Waals surface area (Å²) in [6, 6.07) is 24.0. The van der Waals surface area contributed by atoms with Crippen molar-refractivity contribution in [2.45, 2.75) is 0 Å². The Balaban J connectivity index is 0. The molecule has 0 fully saturated rings. The highest BCUT2D eigenvalue weighted by Gasteiger charge is 1.58. The highest BCUT2D eigenvalue weighted by Crippen LogP contribution is 1.80. The maximum Gasteiger partial charge on any atom is -0.0149 e. The van der Waals surface area contributed by atoms with Crippen LogP contribution in [0.5, 0.6) is 0 Å². The van der Waals surface area contributed by atoms with Crippen molar-refractivity contribution in [3.8, 4) is 0 Å². The summed E-state index contributed by atoms with van der Waals surface area (Å²) in [5.74, 6) is 0. The molecule has 0 aliphatic heterocycles. The third-order valence-corrected chi connectivity index (χ3v) is 1.33. The van der Waals surface area contributed by atoms with Crippen molar-refractivity contribution in [3.63, 3.8) is 0 Å². The second-order valence-electron chi connectivity index (χ2n) is 2.31. The molecule has 2 aromatic carbocycles. The molecule has 0 aliphatic rings. The van der Waals surface area contributed by atoms with Crippen LogP contribution in [0.2, 0.25) is 0 Å². The lowest BCUT2D eigenvalue weighted by Gasteiger charge is -1.69. The first-order valence-electron chi connectivity index (χ1n) is 4.50. The fourth-order valence-electron chi connectivity index (χ4n) is 0.770. The molecule has 0 aliphatic carbocycles. The zero-order valence-electron chi connectivity index (χ0n) is 8.34. The summed E-state index contributed by atoms with van der Waals surface area (Å²) in [4.78, 5) is 0. The Morgan fingerprint density at radius 3 is 0.467 bits per heavy atom. The van der Waals surface area contributed by atoms with Crippen LogP contribution in [-0.2, 0) is 0 Å². The molecule has 0 saturated carbocycles. The van der Waals surface area contributed by atoms with Gasteiger partial charge in [-0.25, -0.2) is 0 Å². The van der Waals surface area contributed by atoms with E-state index >= 15 is 0 Å². The van der Waals surface area contributed by atoms with Crippen LogP contribution in [0.3, 0.4) is 0 Å².